The van der Waals surface area contributed by atoms with E-state index in [0.717, 1.165) is 24.2 Å². The van der Waals surface area contributed by atoms with Crippen LogP contribution in [0.3, 0.4) is 0 Å². The van der Waals surface area contributed by atoms with Gasteiger partial charge in [-0.15, -0.1) is 0 Å². The molecule has 0 saturated carbocycles. The van der Waals surface area contributed by atoms with E-state index in [4.69, 9.17) is 4.74 Å². The molecule has 3 rings (SSSR count). The maximum absolute atomic E-state index is 12.5. The number of hydrogen-bond donors (Lipinski definition) is 1. The van der Waals surface area contributed by atoms with Crippen LogP contribution in [0.4, 0.5) is 0 Å². The lowest BCUT2D eigenvalue weighted by molar-refractivity contribution is 0.118. The maximum atomic E-state index is 12.5. The second-order valence-corrected chi connectivity index (χ2v) is 7.50. The van der Waals surface area contributed by atoms with Crippen molar-refractivity contribution in [2.75, 3.05) is 13.1 Å². The van der Waals surface area contributed by atoms with Crippen molar-refractivity contribution in [3.05, 3.63) is 30.0 Å². The van der Waals surface area contributed by atoms with Gasteiger partial charge in [-0.05, 0) is 32.8 Å². The van der Waals surface area contributed by atoms with E-state index in [1.54, 1.807) is 0 Å². The topological polar surface area (TPSA) is 101 Å². The van der Waals surface area contributed by atoms with Gasteiger partial charge >= 0.3 is 6.01 Å². The van der Waals surface area contributed by atoms with Gasteiger partial charge in [0.15, 0.2) is 5.03 Å². The van der Waals surface area contributed by atoms with Crippen molar-refractivity contribution >= 4 is 10.0 Å². The Morgan fingerprint density at radius 2 is 2.04 bits per heavy atom. The van der Waals surface area contributed by atoms with E-state index in [9.17, 15) is 8.42 Å². The van der Waals surface area contributed by atoms with Crippen LogP contribution in [-0.2, 0) is 10.0 Å². The van der Waals surface area contributed by atoms with E-state index in [2.05, 4.69) is 19.9 Å². The number of ether oxygens (including phenoxy) is 1. The first-order valence-corrected chi connectivity index (χ1v) is 8.86. The first kappa shape index (κ1) is 15.9. The van der Waals surface area contributed by atoms with Crippen molar-refractivity contribution in [3.63, 3.8) is 0 Å². The van der Waals surface area contributed by atoms with Gasteiger partial charge in [0.25, 0.3) is 10.0 Å². The predicted molar refractivity (Wildman–Crippen MR) is 82.5 cm³/mol. The Morgan fingerprint density at radius 3 is 2.70 bits per heavy atom. The lowest BCUT2D eigenvalue weighted by atomic mass is 10.1. The zero-order valence-electron chi connectivity index (χ0n) is 13.1. The highest BCUT2D eigenvalue weighted by molar-refractivity contribution is 7.89. The van der Waals surface area contributed by atoms with E-state index < -0.39 is 10.0 Å². The van der Waals surface area contributed by atoms with Gasteiger partial charge in [-0.1, -0.05) is 0 Å². The minimum atomic E-state index is -3.57. The van der Waals surface area contributed by atoms with E-state index in [1.807, 2.05) is 19.9 Å². The van der Waals surface area contributed by atoms with Gasteiger partial charge in [0.05, 0.1) is 19.1 Å². The van der Waals surface area contributed by atoms with Crippen molar-refractivity contribution in [1.82, 2.24) is 24.2 Å². The standard InChI is InChI=1S/C14H19N5O3S/c1-10-6-11(2)18-14(17-10)22-12-4-3-5-19(8-12)23(20,21)13-7-15-9-16-13/h6-7,9,12H,3-5,8H2,1-2H3,(H,15,16). The minimum absolute atomic E-state index is 0.0980. The highest BCUT2D eigenvalue weighted by atomic mass is 32.2. The Bertz CT molecular complexity index is 755. The molecule has 1 fully saturated rings. The van der Waals surface area contributed by atoms with Gasteiger partial charge in [0, 0.05) is 17.9 Å². The number of piperidine rings is 1. The van der Waals surface area contributed by atoms with Crippen molar-refractivity contribution in [2.45, 2.75) is 37.8 Å². The quantitative estimate of drug-likeness (QED) is 0.895. The van der Waals surface area contributed by atoms with E-state index in [1.165, 1.54) is 16.8 Å². The van der Waals surface area contributed by atoms with Crippen LogP contribution in [0.5, 0.6) is 6.01 Å². The van der Waals surface area contributed by atoms with Crippen molar-refractivity contribution in [3.8, 4) is 6.01 Å². The van der Waals surface area contributed by atoms with Crippen LogP contribution in [0.1, 0.15) is 24.2 Å². The monoisotopic (exact) mass is 337 g/mol. The molecule has 3 heterocycles. The van der Waals surface area contributed by atoms with Gasteiger partial charge in [0.1, 0.15) is 6.10 Å². The number of imidazole rings is 1. The Morgan fingerprint density at radius 1 is 1.30 bits per heavy atom. The van der Waals surface area contributed by atoms with E-state index in [0.29, 0.717) is 12.6 Å². The van der Waals surface area contributed by atoms with Crippen molar-refractivity contribution in [2.24, 2.45) is 0 Å². The van der Waals surface area contributed by atoms with Gasteiger partial charge in [-0.3, -0.25) is 0 Å². The Kier molecular flexibility index (Phi) is 4.31. The fourth-order valence-corrected chi connectivity index (χ4v) is 4.04. The zero-order chi connectivity index (χ0) is 16.4. The second-order valence-electron chi connectivity index (χ2n) is 5.59. The molecule has 2 aromatic rings. The van der Waals surface area contributed by atoms with Crippen LogP contribution < -0.4 is 4.74 Å². The Balaban J connectivity index is 1.73. The normalized spacial score (nSPS) is 19.7. The number of rotatable bonds is 4. The molecular weight excluding hydrogens is 318 g/mol. The molecule has 1 N–H and O–H groups in total. The number of hydrogen-bond acceptors (Lipinski definition) is 6. The average molecular weight is 337 g/mol. The molecule has 124 valence electrons. The van der Waals surface area contributed by atoms with Gasteiger partial charge in [-0.25, -0.2) is 23.4 Å². The summed E-state index contributed by atoms with van der Waals surface area (Å²) in [5.74, 6) is 0. The molecule has 1 atom stereocenters. The first-order valence-electron chi connectivity index (χ1n) is 7.42. The summed E-state index contributed by atoms with van der Waals surface area (Å²) in [6.07, 6.45) is 3.90. The van der Waals surface area contributed by atoms with E-state index >= 15 is 0 Å². The highest BCUT2D eigenvalue weighted by Gasteiger charge is 2.32. The molecule has 1 unspecified atom stereocenters. The number of aryl methyl sites for hydroxylation is 2. The smallest absolute Gasteiger partial charge is 0.317 e. The predicted octanol–water partition coefficient (Wildman–Crippen LogP) is 1.05. The Hall–Kier alpha value is -2.00. The molecule has 1 aliphatic rings. The Labute approximate surface area is 135 Å². The summed E-state index contributed by atoms with van der Waals surface area (Å²) < 4.78 is 32.3. The molecule has 8 nitrogen and oxygen atoms in total. The molecule has 9 heteroatoms. The summed E-state index contributed by atoms with van der Waals surface area (Å²) in [6, 6.07) is 2.16. The van der Waals surface area contributed by atoms with Crippen LogP contribution >= 0.6 is 0 Å². The maximum Gasteiger partial charge on any atom is 0.317 e. The SMILES string of the molecule is Cc1cc(C)nc(OC2CCCN(S(=O)(=O)c3cnc[nH]3)C2)n1. The third-order valence-corrected chi connectivity index (χ3v) is 5.46. The molecule has 1 saturated heterocycles. The number of nitrogens with one attached hydrogen (secondary N) is 1. The first-order chi connectivity index (χ1) is 10.9. The van der Waals surface area contributed by atoms with Crippen LogP contribution in [0.15, 0.2) is 23.6 Å². The number of aromatic nitrogens is 4. The number of nitrogens with zero attached hydrogens (tertiary/aromatic N) is 4. The number of H-pyrrole nitrogens is 1. The third-order valence-electron chi connectivity index (χ3n) is 3.67. The van der Waals surface area contributed by atoms with Gasteiger partial charge in [-0.2, -0.15) is 4.31 Å². The molecule has 2 aromatic heterocycles. The van der Waals surface area contributed by atoms with Crippen molar-refractivity contribution < 1.29 is 13.2 Å². The molecule has 0 aliphatic carbocycles. The highest BCUT2D eigenvalue weighted by Crippen LogP contribution is 2.21. The summed E-state index contributed by atoms with van der Waals surface area (Å²) in [5.41, 5.74) is 1.65. The second kappa shape index (κ2) is 6.25. The summed E-state index contributed by atoms with van der Waals surface area (Å²) in [6.45, 7) is 4.49. The van der Waals surface area contributed by atoms with Crippen LogP contribution in [0.2, 0.25) is 0 Å². The summed E-state index contributed by atoms with van der Waals surface area (Å²) >= 11 is 0. The minimum Gasteiger partial charge on any atom is -0.459 e. The van der Waals surface area contributed by atoms with Crippen LogP contribution in [0, 0.1) is 13.8 Å². The number of aromatic amines is 1. The molecule has 1 aliphatic heterocycles. The fourth-order valence-electron chi connectivity index (χ4n) is 2.64. The molecule has 0 spiro atoms. The molecule has 0 aromatic carbocycles. The summed E-state index contributed by atoms with van der Waals surface area (Å²) in [7, 11) is -3.57. The van der Waals surface area contributed by atoms with E-state index in [-0.39, 0.29) is 17.7 Å². The molecular formula is C14H19N5O3S. The molecule has 0 bridgehead atoms. The molecule has 0 radical (unpaired) electrons. The van der Waals surface area contributed by atoms with Gasteiger partial charge < -0.3 is 9.72 Å². The van der Waals surface area contributed by atoms with Crippen LogP contribution in [-0.4, -0.2) is 51.9 Å². The third kappa shape index (κ3) is 3.50. The summed E-state index contributed by atoms with van der Waals surface area (Å²) in [4.78, 5) is 14.9. The summed E-state index contributed by atoms with van der Waals surface area (Å²) in [5, 5.41) is 0.0980. The zero-order valence-corrected chi connectivity index (χ0v) is 13.9. The largest absolute Gasteiger partial charge is 0.459 e. The van der Waals surface area contributed by atoms with Crippen molar-refractivity contribution in [1.29, 1.82) is 0 Å². The lowest BCUT2D eigenvalue weighted by Gasteiger charge is -2.31. The van der Waals surface area contributed by atoms with Crippen LogP contribution in [0.25, 0.3) is 0 Å². The number of sulfonamides is 1. The molecule has 23 heavy (non-hydrogen) atoms. The lowest BCUT2D eigenvalue weighted by Crippen LogP contribution is -2.44. The molecule has 0 amide bonds. The van der Waals surface area contributed by atoms with Gasteiger partial charge in [0.2, 0.25) is 0 Å². The average Bonchev–Trinajstić information content (AvgIpc) is 3.01. The fraction of sp³-hybridized carbons (Fsp3) is 0.500.